The highest BCUT2D eigenvalue weighted by atomic mass is 31.2. The number of rotatable bonds is 44. The molecule has 62 heavy (non-hydrogen) atoms. The fourth-order valence-electron chi connectivity index (χ4n) is 6.80. The third kappa shape index (κ3) is 43.0. The van der Waals surface area contributed by atoms with Crippen LogP contribution in [0.1, 0.15) is 207 Å². The summed E-state index contributed by atoms with van der Waals surface area (Å²) in [6.45, 7) is 6.79. The summed E-state index contributed by atoms with van der Waals surface area (Å²) in [5.74, 6) is -0.546. The number of nitrogens with zero attached hydrogens (tertiary/aromatic N) is 1. The summed E-state index contributed by atoms with van der Waals surface area (Å²) in [5.41, 5.74) is 0. The monoisotopic (exact) mass is 892 g/mol. The van der Waals surface area contributed by atoms with Gasteiger partial charge in [0, 0.05) is 12.8 Å². The Bertz CT molecular complexity index is 1260. The van der Waals surface area contributed by atoms with Crippen molar-refractivity contribution in [3.8, 4) is 0 Å². The van der Waals surface area contributed by atoms with Crippen LogP contribution in [0, 0.1) is 0 Å². The van der Waals surface area contributed by atoms with E-state index in [-0.39, 0.29) is 31.5 Å². The quantitative estimate of drug-likeness (QED) is 0.0156. The van der Waals surface area contributed by atoms with Crippen LogP contribution in [0.25, 0.3) is 0 Å². The topological polar surface area (TPSA) is 111 Å². The minimum absolute atomic E-state index is 0.0333. The fourth-order valence-corrected chi connectivity index (χ4v) is 7.54. The van der Waals surface area contributed by atoms with E-state index in [4.69, 9.17) is 13.8 Å². The molecule has 0 radical (unpaired) electrons. The van der Waals surface area contributed by atoms with E-state index >= 15 is 0 Å². The molecule has 3 atom stereocenters. The van der Waals surface area contributed by atoms with Crippen LogP contribution in [0.15, 0.2) is 60.8 Å². The lowest BCUT2D eigenvalue weighted by Crippen LogP contribution is -2.47. The van der Waals surface area contributed by atoms with Gasteiger partial charge >= 0.3 is 13.8 Å². The van der Waals surface area contributed by atoms with E-state index in [1.165, 1.54) is 64.2 Å². The molecule has 0 heterocycles. The summed E-state index contributed by atoms with van der Waals surface area (Å²) in [7, 11) is 1.47. The summed E-state index contributed by atoms with van der Waals surface area (Å²) in [4.78, 5) is 37.3. The molecule has 1 amide bonds. The van der Waals surface area contributed by atoms with Crippen molar-refractivity contribution in [2.45, 2.75) is 219 Å². The SMILES string of the molecule is CC/C=C/C=C/C=C\CCCCCCCC(=O)OC(/C=C/CCCCCCCCCCCC)C(COP(=O)(O)OCC[N+](C)(C)C)NC(=O)CCCCCCC/C=C\CCCC. The number of unbranched alkanes of at least 4 members (excludes halogenated alkanes) is 22. The molecule has 0 fully saturated rings. The lowest BCUT2D eigenvalue weighted by Gasteiger charge is -2.27. The van der Waals surface area contributed by atoms with Crippen molar-refractivity contribution in [1.82, 2.24) is 5.32 Å². The molecular weight excluding hydrogens is 796 g/mol. The maximum atomic E-state index is 13.4. The third-order valence-corrected chi connectivity index (χ3v) is 11.7. The van der Waals surface area contributed by atoms with Crippen LogP contribution in [0.5, 0.6) is 0 Å². The number of nitrogens with one attached hydrogen (secondary N) is 1. The highest BCUT2D eigenvalue weighted by Crippen LogP contribution is 2.43. The van der Waals surface area contributed by atoms with Crippen LogP contribution in [0.3, 0.4) is 0 Å². The molecule has 9 nitrogen and oxygen atoms in total. The van der Waals surface area contributed by atoms with Crippen molar-refractivity contribution in [2.75, 3.05) is 40.9 Å². The minimum atomic E-state index is -4.44. The average molecular weight is 892 g/mol. The second-order valence-electron chi connectivity index (χ2n) is 18.0. The van der Waals surface area contributed by atoms with Crippen molar-refractivity contribution in [1.29, 1.82) is 0 Å². The normalized spacial score (nSPS) is 14.5. The van der Waals surface area contributed by atoms with Gasteiger partial charge in [-0.25, -0.2) is 4.57 Å². The lowest BCUT2D eigenvalue weighted by molar-refractivity contribution is -0.870. The number of hydrogen-bond donors (Lipinski definition) is 2. The number of amides is 1. The predicted molar refractivity (Wildman–Crippen MR) is 263 cm³/mol. The van der Waals surface area contributed by atoms with Crippen LogP contribution in [0.4, 0.5) is 0 Å². The predicted octanol–water partition coefficient (Wildman–Crippen LogP) is 14.4. The Hall–Kier alpha value is -2.29. The van der Waals surface area contributed by atoms with Gasteiger partial charge in [-0.15, -0.1) is 0 Å². The molecule has 0 aliphatic rings. The van der Waals surface area contributed by atoms with Crippen LogP contribution in [-0.2, 0) is 27.9 Å². The van der Waals surface area contributed by atoms with Crippen molar-refractivity contribution in [2.24, 2.45) is 0 Å². The number of carbonyl (C=O) groups is 2. The number of likely N-dealkylation sites (N-methyl/N-ethyl adjacent to an activating group) is 1. The summed E-state index contributed by atoms with van der Waals surface area (Å²) < 4.78 is 30.4. The molecular formula is C52H96N2O7P+. The van der Waals surface area contributed by atoms with Gasteiger partial charge in [-0.2, -0.15) is 0 Å². The molecule has 0 saturated carbocycles. The van der Waals surface area contributed by atoms with Gasteiger partial charge in [-0.1, -0.05) is 185 Å². The maximum Gasteiger partial charge on any atom is 0.472 e. The zero-order chi connectivity index (χ0) is 45.8. The van der Waals surface area contributed by atoms with Crippen LogP contribution in [-0.4, -0.2) is 74.3 Å². The van der Waals surface area contributed by atoms with E-state index in [0.29, 0.717) is 23.9 Å². The Morgan fingerprint density at radius 3 is 1.63 bits per heavy atom. The lowest BCUT2D eigenvalue weighted by atomic mass is 10.0. The van der Waals surface area contributed by atoms with Gasteiger partial charge in [-0.3, -0.25) is 18.6 Å². The first kappa shape index (κ1) is 59.7. The fraction of sp³-hybridized carbons (Fsp3) is 0.769. The zero-order valence-corrected chi connectivity index (χ0v) is 41.7. The first-order chi connectivity index (χ1) is 29.9. The summed E-state index contributed by atoms with van der Waals surface area (Å²) in [5, 5.41) is 3.02. The van der Waals surface area contributed by atoms with E-state index in [0.717, 1.165) is 103 Å². The summed E-state index contributed by atoms with van der Waals surface area (Å²) in [6.07, 6.45) is 50.7. The van der Waals surface area contributed by atoms with Crippen molar-refractivity contribution in [3.63, 3.8) is 0 Å². The van der Waals surface area contributed by atoms with Gasteiger partial charge in [-0.05, 0) is 70.3 Å². The highest BCUT2D eigenvalue weighted by Gasteiger charge is 2.30. The first-order valence-corrected chi connectivity index (χ1v) is 26.6. The van der Waals surface area contributed by atoms with Gasteiger partial charge < -0.3 is 19.4 Å². The van der Waals surface area contributed by atoms with Gasteiger partial charge in [0.1, 0.15) is 19.3 Å². The first-order valence-electron chi connectivity index (χ1n) is 25.1. The molecule has 10 heteroatoms. The number of ether oxygens (including phenoxy) is 1. The summed E-state index contributed by atoms with van der Waals surface area (Å²) in [6, 6.07) is -0.858. The number of esters is 1. The number of phosphoric acid groups is 1. The average Bonchev–Trinajstić information content (AvgIpc) is 3.22. The number of hydrogen-bond acceptors (Lipinski definition) is 6. The number of carbonyl (C=O) groups excluding carboxylic acids is 2. The van der Waals surface area contributed by atoms with E-state index in [1.807, 2.05) is 39.4 Å². The van der Waals surface area contributed by atoms with E-state index in [9.17, 15) is 19.0 Å². The molecule has 0 bridgehead atoms. The third-order valence-electron chi connectivity index (χ3n) is 10.8. The number of phosphoric ester groups is 1. The Labute approximate surface area is 381 Å². The van der Waals surface area contributed by atoms with E-state index in [2.05, 4.69) is 68.6 Å². The van der Waals surface area contributed by atoms with Crippen LogP contribution in [0.2, 0.25) is 0 Å². The molecule has 0 aromatic heterocycles. The van der Waals surface area contributed by atoms with Crippen molar-refractivity contribution in [3.05, 3.63) is 60.8 Å². The standard InChI is InChI=1S/C52H95N2O7P/c1-7-10-13-16-19-22-25-27-30-33-36-39-42-45-52(56)61-50(43-40-37-34-31-29-26-23-20-17-14-11-8-2)49(48-60-62(57,58)59-47-46-54(4,5)6)53-51(55)44-41-38-35-32-28-24-21-18-15-12-9-3/h10,13,16,18-19,21-22,25,40,43,49-50H,7-9,11-12,14-15,17,20,23-24,26-39,41-42,44-48H2,1-6H3,(H-,53,55,57,58)/p+1/b13-10+,19-16+,21-18-,25-22-,43-40+. The number of quaternary nitrogens is 1. The van der Waals surface area contributed by atoms with Crippen molar-refractivity contribution < 1.29 is 37.3 Å². The molecule has 360 valence electrons. The number of allylic oxidation sites excluding steroid dienone is 9. The van der Waals surface area contributed by atoms with Gasteiger partial charge in [0.25, 0.3) is 0 Å². The Balaban J connectivity index is 5.51. The smallest absolute Gasteiger partial charge is 0.456 e. The largest absolute Gasteiger partial charge is 0.472 e. The van der Waals surface area contributed by atoms with Gasteiger partial charge in [0.2, 0.25) is 5.91 Å². The molecule has 0 aliphatic carbocycles. The Kier molecular flexibility index (Phi) is 41.1. The van der Waals surface area contributed by atoms with E-state index < -0.39 is 20.0 Å². The molecule has 0 aromatic rings. The highest BCUT2D eigenvalue weighted by molar-refractivity contribution is 7.47. The van der Waals surface area contributed by atoms with Crippen molar-refractivity contribution >= 4 is 19.7 Å². The molecule has 0 spiro atoms. The summed E-state index contributed by atoms with van der Waals surface area (Å²) >= 11 is 0. The minimum Gasteiger partial charge on any atom is -0.456 e. The molecule has 0 saturated heterocycles. The molecule has 0 rings (SSSR count). The molecule has 3 unspecified atom stereocenters. The Morgan fingerprint density at radius 1 is 0.581 bits per heavy atom. The zero-order valence-electron chi connectivity index (χ0n) is 40.8. The molecule has 0 aromatic carbocycles. The maximum absolute atomic E-state index is 13.4. The molecule has 0 aliphatic heterocycles. The van der Waals surface area contributed by atoms with Crippen LogP contribution < -0.4 is 5.32 Å². The van der Waals surface area contributed by atoms with Gasteiger partial charge in [0.15, 0.2) is 0 Å². The second-order valence-corrected chi connectivity index (χ2v) is 19.5. The van der Waals surface area contributed by atoms with E-state index in [1.54, 1.807) is 0 Å². The van der Waals surface area contributed by atoms with Crippen LogP contribution >= 0.6 is 7.82 Å². The molecule has 2 N–H and O–H groups in total. The Morgan fingerprint density at radius 2 is 1.06 bits per heavy atom. The van der Waals surface area contributed by atoms with Gasteiger partial charge in [0.05, 0.1) is 33.8 Å². The second kappa shape index (κ2) is 42.6.